The van der Waals surface area contributed by atoms with E-state index in [0.717, 1.165) is 21.4 Å². The van der Waals surface area contributed by atoms with Crippen LogP contribution < -0.4 is 0 Å². The van der Waals surface area contributed by atoms with Crippen molar-refractivity contribution in [3.63, 3.8) is 0 Å². The van der Waals surface area contributed by atoms with Gasteiger partial charge in [-0.15, -0.1) is 11.3 Å². The van der Waals surface area contributed by atoms with E-state index >= 15 is 0 Å². The molecule has 7 nitrogen and oxygen atoms in total. The summed E-state index contributed by atoms with van der Waals surface area (Å²) < 4.78 is 11.6. The predicted molar refractivity (Wildman–Crippen MR) is 136 cm³/mol. The lowest BCUT2D eigenvalue weighted by atomic mass is 9.55. The third-order valence-electron chi connectivity index (χ3n) is 7.80. The first-order chi connectivity index (χ1) is 17.5. The van der Waals surface area contributed by atoms with Gasteiger partial charge in [-0.2, -0.15) is 0 Å². The van der Waals surface area contributed by atoms with Gasteiger partial charge in [0.25, 0.3) is 0 Å². The molecule has 2 aromatic carbocycles. The summed E-state index contributed by atoms with van der Waals surface area (Å²) in [6, 6.07) is 14.8. The van der Waals surface area contributed by atoms with Crippen molar-refractivity contribution in [1.82, 2.24) is 4.90 Å². The summed E-state index contributed by atoms with van der Waals surface area (Å²) >= 11 is 1.52. The van der Waals surface area contributed by atoms with Crippen LogP contribution >= 0.6 is 11.3 Å². The van der Waals surface area contributed by atoms with Crippen LogP contribution in [-0.2, 0) is 25.5 Å². The summed E-state index contributed by atoms with van der Waals surface area (Å²) in [4.78, 5) is 29.5. The van der Waals surface area contributed by atoms with Gasteiger partial charge in [0.05, 0.1) is 31.1 Å². The molecule has 0 spiro atoms. The number of phenols is 1. The molecule has 2 saturated heterocycles. The molecule has 9 heteroatoms. The molecule has 1 aliphatic carbocycles. The Morgan fingerprint density at radius 3 is 2.64 bits per heavy atom. The van der Waals surface area contributed by atoms with Crippen molar-refractivity contribution in [3.05, 3.63) is 75.4 Å². The second-order valence-electron chi connectivity index (χ2n) is 9.71. The monoisotopic (exact) mass is 503 g/mol. The van der Waals surface area contributed by atoms with Crippen LogP contribution in [0.4, 0.5) is 0 Å². The van der Waals surface area contributed by atoms with Crippen LogP contribution in [0.2, 0.25) is 0 Å². The molecule has 2 aliphatic heterocycles. The van der Waals surface area contributed by atoms with E-state index in [1.807, 2.05) is 47.8 Å². The zero-order chi connectivity index (χ0) is 25.0. The van der Waals surface area contributed by atoms with Gasteiger partial charge in [0.1, 0.15) is 5.75 Å². The fourth-order valence-electron chi connectivity index (χ4n) is 6.28. The molecule has 2 N–H and O–H groups in total. The molecule has 2 amide bonds. The van der Waals surface area contributed by atoms with Crippen LogP contribution in [0, 0.1) is 17.8 Å². The maximum Gasteiger partial charge on any atom is 0.487 e. The maximum absolute atomic E-state index is 13.7. The van der Waals surface area contributed by atoms with Crippen LogP contribution in [0.5, 0.6) is 5.75 Å². The number of methoxy groups -OCH3 is 1. The highest BCUT2D eigenvalue weighted by Gasteiger charge is 2.57. The SMILES string of the molecule is COCC1=C2B(O)O[C@H](c3ccc(O)c4ccccc34)C[C@H]2[C@H]2C(=O)N(Cc3cccs3)C(=O)[C@H]2C1. The number of hydrogen-bond donors (Lipinski definition) is 2. The number of amides is 2. The summed E-state index contributed by atoms with van der Waals surface area (Å²) in [5.41, 5.74) is 2.35. The van der Waals surface area contributed by atoms with Gasteiger partial charge in [0, 0.05) is 17.4 Å². The second kappa shape index (κ2) is 9.16. The number of hydrogen-bond acceptors (Lipinski definition) is 7. The van der Waals surface area contributed by atoms with Gasteiger partial charge >= 0.3 is 7.12 Å². The molecule has 0 bridgehead atoms. The number of nitrogens with zero attached hydrogens (tertiary/aromatic N) is 1. The fraction of sp³-hybridized carbons (Fsp3) is 0.333. The molecule has 0 radical (unpaired) electrons. The third-order valence-corrected chi connectivity index (χ3v) is 8.66. The highest BCUT2D eigenvalue weighted by molar-refractivity contribution is 7.09. The number of likely N-dealkylation sites (tertiary alicyclic amines) is 1. The Morgan fingerprint density at radius 1 is 1.08 bits per heavy atom. The molecule has 1 aromatic heterocycles. The molecule has 184 valence electrons. The van der Waals surface area contributed by atoms with Crippen LogP contribution in [0.3, 0.4) is 0 Å². The molecule has 0 unspecified atom stereocenters. The van der Waals surface area contributed by atoms with Gasteiger partial charge in [-0.25, -0.2) is 0 Å². The molecule has 3 heterocycles. The second-order valence-corrected chi connectivity index (χ2v) is 10.7. The van der Waals surface area contributed by atoms with Crippen LogP contribution in [0.15, 0.2) is 65.0 Å². The van der Waals surface area contributed by atoms with E-state index in [1.165, 1.54) is 16.2 Å². The number of allylic oxidation sites excluding steroid dienone is 1. The van der Waals surface area contributed by atoms with Gasteiger partial charge in [-0.05, 0) is 58.3 Å². The Hall–Kier alpha value is -2.98. The standard InChI is InChI=1S/C27H26BNO6S/c1-34-14-15-11-21-24(27(32)29(26(21)31)13-16-5-4-10-36-16)20-12-23(35-28(33)25(15)20)19-8-9-22(30)18-7-3-2-6-17(18)19/h2-10,20-21,23-24,30,33H,11-14H2,1H3/t20-,21-,23-,24+/m0/s1. The van der Waals surface area contributed by atoms with Crippen molar-refractivity contribution >= 4 is 41.0 Å². The molecule has 4 atom stereocenters. The van der Waals surface area contributed by atoms with E-state index in [1.54, 1.807) is 13.2 Å². The minimum absolute atomic E-state index is 0.154. The first kappa shape index (κ1) is 23.4. The van der Waals surface area contributed by atoms with Crippen molar-refractivity contribution in [3.8, 4) is 5.75 Å². The molecule has 6 rings (SSSR count). The lowest BCUT2D eigenvalue weighted by molar-refractivity contribution is -0.140. The average Bonchev–Trinajstić information content (AvgIpc) is 3.47. The molecule has 0 saturated carbocycles. The summed E-state index contributed by atoms with van der Waals surface area (Å²) in [6.07, 6.45) is 0.320. The molecular formula is C27H26BNO6S. The van der Waals surface area contributed by atoms with Gasteiger partial charge in [0.15, 0.2) is 0 Å². The van der Waals surface area contributed by atoms with Crippen molar-refractivity contribution in [2.75, 3.05) is 13.7 Å². The van der Waals surface area contributed by atoms with Crippen LogP contribution in [-0.4, -0.2) is 47.7 Å². The number of rotatable bonds is 5. The third kappa shape index (κ3) is 3.69. The summed E-state index contributed by atoms with van der Waals surface area (Å²) in [7, 11) is 0.377. The topological polar surface area (TPSA) is 96.3 Å². The lowest BCUT2D eigenvalue weighted by Crippen LogP contribution is -2.45. The van der Waals surface area contributed by atoms with E-state index in [2.05, 4.69) is 0 Å². The first-order valence-electron chi connectivity index (χ1n) is 12.1. The number of carbonyl (C=O) groups excluding carboxylic acids is 2. The summed E-state index contributed by atoms with van der Waals surface area (Å²) in [5, 5.41) is 25.0. The van der Waals surface area contributed by atoms with Crippen molar-refractivity contribution in [1.29, 1.82) is 0 Å². The van der Waals surface area contributed by atoms with E-state index < -0.39 is 25.1 Å². The number of fused-ring (bicyclic) bond motifs is 4. The number of carbonyl (C=O) groups is 2. The Kier molecular flexibility index (Phi) is 5.96. The molecular weight excluding hydrogens is 477 g/mol. The van der Waals surface area contributed by atoms with Gasteiger partial charge < -0.3 is 19.5 Å². The number of thiophene rings is 1. The average molecular weight is 503 g/mol. The summed E-state index contributed by atoms with van der Waals surface area (Å²) in [6.45, 7) is 0.545. The Bertz CT molecular complexity index is 1370. The van der Waals surface area contributed by atoms with Crippen molar-refractivity contribution < 1.29 is 29.1 Å². The molecule has 36 heavy (non-hydrogen) atoms. The highest BCUT2D eigenvalue weighted by Crippen LogP contribution is 2.52. The normalized spacial score (nSPS) is 26.1. The maximum atomic E-state index is 13.7. The zero-order valence-corrected chi connectivity index (χ0v) is 20.6. The first-order valence-corrected chi connectivity index (χ1v) is 13.0. The zero-order valence-electron chi connectivity index (χ0n) is 19.8. The van der Waals surface area contributed by atoms with Crippen molar-refractivity contribution in [2.45, 2.75) is 25.5 Å². The largest absolute Gasteiger partial charge is 0.507 e. The quantitative estimate of drug-likeness (QED) is 0.406. The van der Waals surface area contributed by atoms with Crippen LogP contribution in [0.1, 0.15) is 29.4 Å². The highest BCUT2D eigenvalue weighted by atomic mass is 32.1. The van der Waals surface area contributed by atoms with E-state index in [-0.39, 0.29) is 36.6 Å². The van der Waals surface area contributed by atoms with Crippen molar-refractivity contribution in [2.24, 2.45) is 17.8 Å². The number of phenolic OH excluding ortho intramolecular Hbond substituents is 1. The molecule has 2 fully saturated rings. The number of aromatic hydroxyl groups is 1. The number of ether oxygens (including phenoxy) is 1. The van der Waals surface area contributed by atoms with Gasteiger partial charge in [0.2, 0.25) is 11.8 Å². The Balaban J connectivity index is 1.40. The van der Waals surface area contributed by atoms with E-state index in [0.29, 0.717) is 23.7 Å². The number of imide groups is 1. The molecule has 3 aliphatic rings. The smallest absolute Gasteiger partial charge is 0.487 e. The number of benzene rings is 2. The molecule has 3 aromatic rings. The van der Waals surface area contributed by atoms with Gasteiger partial charge in [-0.3, -0.25) is 14.5 Å². The van der Waals surface area contributed by atoms with Crippen LogP contribution in [0.25, 0.3) is 10.8 Å². The fourth-order valence-corrected chi connectivity index (χ4v) is 6.98. The Morgan fingerprint density at radius 2 is 1.89 bits per heavy atom. The predicted octanol–water partition coefficient (Wildman–Crippen LogP) is 3.85. The summed E-state index contributed by atoms with van der Waals surface area (Å²) in [5.74, 6) is -1.52. The lowest BCUT2D eigenvalue weighted by Gasteiger charge is -2.42. The van der Waals surface area contributed by atoms with E-state index in [9.17, 15) is 19.7 Å². The minimum atomic E-state index is -1.21. The Labute approximate surface area is 213 Å². The van der Waals surface area contributed by atoms with Gasteiger partial charge in [-0.1, -0.05) is 36.4 Å². The minimum Gasteiger partial charge on any atom is -0.507 e. The van der Waals surface area contributed by atoms with E-state index in [4.69, 9.17) is 9.39 Å².